The summed E-state index contributed by atoms with van der Waals surface area (Å²) in [6.45, 7) is 1.73. The first-order chi connectivity index (χ1) is 7.24. The first-order valence-electron chi connectivity index (χ1n) is 5.27. The first kappa shape index (κ1) is 12.0. The molecule has 1 N–H and O–H groups in total. The highest BCUT2D eigenvalue weighted by Crippen LogP contribution is 2.07. The van der Waals surface area contributed by atoms with E-state index in [1.54, 1.807) is 4.90 Å². The third kappa shape index (κ3) is 4.29. The second-order valence-electron chi connectivity index (χ2n) is 3.65. The van der Waals surface area contributed by atoms with Crippen molar-refractivity contribution < 1.29 is 14.3 Å². The molecule has 1 rings (SSSR count). The van der Waals surface area contributed by atoms with Gasteiger partial charge in [0.15, 0.2) is 0 Å². The predicted octanol–water partition coefficient (Wildman–Crippen LogP) is -0.238. The highest BCUT2D eigenvalue weighted by atomic mass is 16.5. The van der Waals surface area contributed by atoms with E-state index < -0.39 is 0 Å². The minimum Gasteiger partial charge on any atom is -0.375 e. The number of ether oxygens (including phenoxy) is 1. The van der Waals surface area contributed by atoms with Crippen molar-refractivity contribution in [3.8, 4) is 0 Å². The predicted molar refractivity (Wildman–Crippen MR) is 55.3 cm³/mol. The lowest BCUT2D eigenvalue weighted by Crippen LogP contribution is -2.43. The highest BCUT2D eigenvalue weighted by Gasteiger charge is 2.16. The van der Waals surface area contributed by atoms with Crippen molar-refractivity contribution in [2.75, 3.05) is 33.4 Å². The average Bonchev–Trinajstić information content (AvgIpc) is 2.27. The fourth-order valence-electron chi connectivity index (χ4n) is 1.61. The minimum absolute atomic E-state index is 0.000784. The molecule has 0 saturated carbocycles. The van der Waals surface area contributed by atoms with E-state index in [0.29, 0.717) is 0 Å². The lowest BCUT2D eigenvalue weighted by Gasteiger charge is -2.26. The molecular formula is C10H18N2O3. The van der Waals surface area contributed by atoms with E-state index in [4.69, 9.17) is 0 Å². The number of nitrogens with zero attached hydrogens (tertiary/aromatic N) is 1. The van der Waals surface area contributed by atoms with Gasteiger partial charge < -0.3 is 15.0 Å². The Morgan fingerprint density at radius 2 is 1.93 bits per heavy atom. The van der Waals surface area contributed by atoms with Gasteiger partial charge in [0, 0.05) is 20.2 Å². The number of nitrogens with one attached hydrogen (secondary N) is 1. The summed E-state index contributed by atoms with van der Waals surface area (Å²) in [5.41, 5.74) is 0. The molecule has 15 heavy (non-hydrogen) atoms. The van der Waals surface area contributed by atoms with Gasteiger partial charge in [-0.2, -0.15) is 0 Å². The molecule has 0 aromatic carbocycles. The summed E-state index contributed by atoms with van der Waals surface area (Å²) >= 11 is 0. The average molecular weight is 214 g/mol. The molecule has 0 bridgehead atoms. The zero-order valence-corrected chi connectivity index (χ0v) is 9.12. The second kappa shape index (κ2) is 6.40. The normalized spacial score (nSPS) is 16.2. The van der Waals surface area contributed by atoms with Gasteiger partial charge in [-0.25, -0.2) is 0 Å². The molecule has 1 saturated heterocycles. The van der Waals surface area contributed by atoms with Gasteiger partial charge in [-0.15, -0.1) is 0 Å². The molecule has 0 radical (unpaired) electrons. The molecule has 5 heteroatoms. The van der Waals surface area contributed by atoms with Gasteiger partial charge in [0.05, 0.1) is 6.54 Å². The van der Waals surface area contributed by atoms with Crippen LogP contribution in [0.25, 0.3) is 0 Å². The Hall–Kier alpha value is -1.10. The monoisotopic (exact) mass is 214 g/mol. The maximum Gasteiger partial charge on any atom is 0.246 e. The van der Waals surface area contributed by atoms with E-state index in [0.717, 1.165) is 25.9 Å². The summed E-state index contributed by atoms with van der Waals surface area (Å²) in [5.74, 6) is -0.248. The SMILES string of the molecule is COCC(=O)NCC(=O)N1CCCCC1. The van der Waals surface area contributed by atoms with Crippen LogP contribution in [0.2, 0.25) is 0 Å². The molecule has 5 nitrogen and oxygen atoms in total. The van der Waals surface area contributed by atoms with Gasteiger partial charge in [0.25, 0.3) is 0 Å². The number of hydrogen-bond acceptors (Lipinski definition) is 3. The number of piperidine rings is 1. The van der Waals surface area contributed by atoms with E-state index in [1.807, 2.05) is 0 Å². The van der Waals surface area contributed by atoms with Gasteiger partial charge >= 0.3 is 0 Å². The maximum absolute atomic E-state index is 11.6. The molecule has 1 fully saturated rings. The summed E-state index contributed by atoms with van der Waals surface area (Å²) in [7, 11) is 1.45. The van der Waals surface area contributed by atoms with Gasteiger partial charge in [0.1, 0.15) is 6.61 Å². The number of hydrogen-bond donors (Lipinski definition) is 1. The Kier molecular flexibility index (Phi) is 5.10. The molecule has 0 unspecified atom stereocenters. The van der Waals surface area contributed by atoms with Crippen LogP contribution in [-0.4, -0.2) is 50.1 Å². The van der Waals surface area contributed by atoms with Crippen LogP contribution in [0.1, 0.15) is 19.3 Å². The van der Waals surface area contributed by atoms with Crippen LogP contribution in [0.15, 0.2) is 0 Å². The van der Waals surface area contributed by atoms with Crippen LogP contribution in [0.5, 0.6) is 0 Å². The molecule has 0 spiro atoms. The fraction of sp³-hybridized carbons (Fsp3) is 0.800. The van der Waals surface area contributed by atoms with E-state index in [-0.39, 0.29) is 25.0 Å². The smallest absolute Gasteiger partial charge is 0.246 e. The largest absolute Gasteiger partial charge is 0.375 e. The van der Waals surface area contributed by atoms with Crippen molar-refractivity contribution in [1.29, 1.82) is 0 Å². The number of methoxy groups -OCH3 is 1. The Balaban J connectivity index is 2.19. The van der Waals surface area contributed by atoms with E-state index >= 15 is 0 Å². The second-order valence-corrected chi connectivity index (χ2v) is 3.65. The van der Waals surface area contributed by atoms with Gasteiger partial charge in [-0.05, 0) is 19.3 Å². The molecule has 1 aliphatic heterocycles. The number of likely N-dealkylation sites (tertiary alicyclic amines) is 1. The van der Waals surface area contributed by atoms with Gasteiger partial charge in [-0.1, -0.05) is 0 Å². The van der Waals surface area contributed by atoms with Crippen molar-refractivity contribution in [3.05, 3.63) is 0 Å². The van der Waals surface area contributed by atoms with Crippen molar-refractivity contribution >= 4 is 11.8 Å². The Morgan fingerprint density at radius 1 is 1.27 bits per heavy atom. The molecule has 86 valence electrons. The quantitative estimate of drug-likeness (QED) is 0.702. The topological polar surface area (TPSA) is 58.6 Å². The van der Waals surface area contributed by atoms with Gasteiger partial charge in [-0.3, -0.25) is 9.59 Å². The summed E-state index contributed by atoms with van der Waals surface area (Å²) in [4.78, 5) is 24.4. The van der Waals surface area contributed by atoms with Crippen molar-refractivity contribution in [1.82, 2.24) is 10.2 Å². The van der Waals surface area contributed by atoms with Crippen LogP contribution < -0.4 is 5.32 Å². The minimum atomic E-state index is -0.247. The molecule has 2 amide bonds. The van der Waals surface area contributed by atoms with Crippen LogP contribution >= 0.6 is 0 Å². The molecule has 1 aliphatic rings. The standard InChI is InChI=1S/C10H18N2O3/c1-15-8-9(13)11-7-10(14)12-5-3-2-4-6-12/h2-8H2,1H3,(H,11,13). The van der Waals surface area contributed by atoms with Crippen molar-refractivity contribution in [2.24, 2.45) is 0 Å². The summed E-state index contributed by atoms with van der Waals surface area (Å²) in [5, 5.41) is 2.53. The Morgan fingerprint density at radius 3 is 2.53 bits per heavy atom. The van der Waals surface area contributed by atoms with E-state index in [2.05, 4.69) is 10.1 Å². The number of rotatable bonds is 4. The van der Waals surface area contributed by atoms with Gasteiger partial charge in [0.2, 0.25) is 11.8 Å². The van der Waals surface area contributed by atoms with Crippen LogP contribution in [0.4, 0.5) is 0 Å². The van der Waals surface area contributed by atoms with Crippen LogP contribution in [0.3, 0.4) is 0 Å². The zero-order chi connectivity index (χ0) is 11.1. The van der Waals surface area contributed by atoms with E-state index in [9.17, 15) is 9.59 Å². The Labute approximate surface area is 89.8 Å². The number of carbonyl (C=O) groups is 2. The fourth-order valence-corrected chi connectivity index (χ4v) is 1.61. The van der Waals surface area contributed by atoms with E-state index in [1.165, 1.54) is 13.5 Å². The van der Waals surface area contributed by atoms with Crippen LogP contribution in [0, 0.1) is 0 Å². The number of carbonyl (C=O) groups excluding carboxylic acids is 2. The highest BCUT2D eigenvalue weighted by molar-refractivity contribution is 5.85. The summed E-state index contributed by atoms with van der Waals surface area (Å²) in [6.07, 6.45) is 3.33. The molecule has 0 aromatic rings. The van der Waals surface area contributed by atoms with Crippen molar-refractivity contribution in [2.45, 2.75) is 19.3 Å². The molecule has 0 atom stereocenters. The van der Waals surface area contributed by atoms with Crippen LogP contribution in [-0.2, 0) is 14.3 Å². The Bertz CT molecular complexity index is 225. The lowest BCUT2D eigenvalue weighted by atomic mass is 10.1. The molecule has 1 heterocycles. The maximum atomic E-state index is 11.6. The molecule has 0 aliphatic carbocycles. The molecular weight excluding hydrogens is 196 g/mol. The third-order valence-electron chi connectivity index (χ3n) is 2.42. The summed E-state index contributed by atoms with van der Waals surface area (Å²) < 4.78 is 4.64. The van der Waals surface area contributed by atoms with Crippen molar-refractivity contribution in [3.63, 3.8) is 0 Å². The first-order valence-corrected chi connectivity index (χ1v) is 5.27. The molecule has 0 aromatic heterocycles. The third-order valence-corrected chi connectivity index (χ3v) is 2.42. The lowest BCUT2D eigenvalue weighted by molar-refractivity contribution is -0.134. The summed E-state index contributed by atoms with van der Waals surface area (Å²) in [6, 6.07) is 0. The zero-order valence-electron chi connectivity index (χ0n) is 9.12. The number of amides is 2.